The lowest BCUT2D eigenvalue weighted by atomic mass is 9.92. The molecule has 0 fully saturated rings. The average molecular weight is 509 g/mol. The molecule has 4 rings (SSSR count). The number of aromatic nitrogens is 2. The number of thiophene rings is 1. The molecule has 6 nitrogen and oxygen atoms in total. The third kappa shape index (κ3) is 5.28. The number of aryl methyl sites for hydroxylation is 2. The molecule has 1 aromatic carbocycles. The summed E-state index contributed by atoms with van der Waals surface area (Å²) >= 11 is 1.67. The van der Waals surface area contributed by atoms with Gasteiger partial charge in [-0.3, -0.25) is 19.1 Å². The third-order valence-corrected chi connectivity index (χ3v) is 8.54. The molecule has 0 aliphatic heterocycles. The molecule has 194 valence electrons. The van der Waals surface area contributed by atoms with Gasteiger partial charge in [0.15, 0.2) is 0 Å². The number of para-hydroxylation sites is 1. The van der Waals surface area contributed by atoms with Crippen LogP contribution in [0.4, 0.5) is 5.69 Å². The largest absolute Gasteiger partial charge is 0.324 e. The van der Waals surface area contributed by atoms with Crippen LogP contribution in [0.1, 0.15) is 93.6 Å². The Balaban J connectivity index is 1.76. The molecule has 0 saturated heterocycles. The fourth-order valence-corrected chi connectivity index (χ4v) is 6.50. The van der Waals surface area contributed by atoms with E-state index in [1.54, 1.807) is 15.9 Å². The van der Waals surface area contributed by atoms with Crippen molar-refractivity contribution in [1.29, 1.82) is 0 Å². The van der Waals surface area contributed by atoms with Crippen LogP contribution >= 0.6 is 11.3 Å². The molecule has 0 unspecified atom stereocenters. The van der Waals surface area contributed by atoms with E-state index in [1.165, 1.54) is 4.88 Å². The van der Waals surface area contributed by atoms with Crippen LogP contribution in [0.3, 0.4) is 0 Å². The Hall–Kier alpha value is -2.51. The van der Waals surface area contributed by atoms with Crippen LogP contribution in [0.2, 0.25) is 0 Å². The smallest absolute Gasteiger partial charge is 0.263 e. The molecule has 1 aliphatic rings. The van der Waals surface area contributed by atoms with Crippen molar-refractivity contribution in [1.82, 2.24) is 14.5 Å². The highest BCUT2D eigenvalue weighted by Crippen LogP contribution is 2.34. The van der Waals surface area contributed by atoms with E-state index in [2.05, 4.69) is 70.0 Å². The minimum absolute atomic E-state index is 0.0348. The van der Waals surface area contributed by atoms with E-state index in [-0.39, 0.29) is 29.8 Å². The van der Waals surface area contributed by atoms with Crippen molar-refractivity contribution in [3.05, 3.63) is 55.9 Å². The van der Waals surface area contributed by atoms with Crippen LogP contribution in [0.15, 0.2) is 23.0 Å². The SMILES string of the molecule is CCN(CC)Cc1nc2sc3c(c2c(=O)n1CC(=O)Nc1c(C(C)C)cccc1C(C)C)CCCC3. The third-order valence-electron chi connectivity index (χ3n) is 7.35. The molecule has 1 N–H and O–H groups in total. The Morgan fingerprint density at radius 3 is 2.33 bits per heavy atom. The average Bonchev–Trinajstić information content (AvgIpc) is 3.22. The molecule has 1 amide bonds. The first-order chi connectivity index (χ1) is 17.2. The predicted molar refractivity (Wildman–Crippen MR) is 150 cm³/mol. The normalized spacial score (nSPS) is 13.7. The number of amides is 1. The maximum absolute atomic E-state index is 13.9. The molecule has 7 heteroatoms. The number of benzene rings is 1. The minimum Gasteiger partial charge on any atom is -0.324 e. The van der Waals surface area contributed by atoms with Crippen molar-refractivity contribution in [2.75, 3.05) is 18.4 Å². The number of nitrogens with zero attached hydrogens (tertiary/aromatic N) is 3. The Morgan fingerprint density at radius 2 is 1.72 bits per heavy atom. The molecular weight excluding hydrogens is 468 g/mol. The second kappa shape index (κ2) is 11.3. The summed E-state index contributed by atoms with van der Waals surface area (Å²) in [6.45, 7) is 15.0. The van der Waals surface area contributed by atoms with Crippen LogP contribution < -0.4 is 10.9 Å². The molecule has 0 atom stereocenters. The maximum Gasteiger partial charge on any atom is 0.263 e. The molecule has 2 heterocycles. The second-order valence-corrected chi connectivity index (χ2v) is 11.5. The van der Waals surface area contributed by atoms with E-state index in [9.17, 15) is 9.59 Å². The van der Waals surface area contributed by atoms with Crippen molar-refractivity contribution < 1.29 is 4.79 Å². The molecular formula is C29H40N4O2S. The van der Waals surface area contributed by atoms with Crippen LogP contribution in [-0.4, -0.2) is 33.4 Å². The highest BCUT2D eigenvalue weighted by atomic mass is 32.1. The first kappa shape index (κ1) is 26.6. The van der Waals surface area contributed by atoms with Gasteiger partial charge in [0, 0.05) is 10.6 Å². The zero-order chi connectivity index (χ0) is 26.0. The van der Waals surface area contributed by atoms with Gasteiger partial charge in [-0.15, -0.1) is 11.3 Å². The monoisotopic (exact) mass is 508 g/mol. The van der Waals surface area contributed by atoms with Crippen molar-refractivity contribution in [3.8, 4) is 0 Å². The second-order valence-electron chi connectivity index (χ2n) is 10.4. The van der Waals surface area contributed by atoms with Gasteiger partial charge in [0.1, 0.15) is 17.2 Å². The highest BCUT2D eigenvalue weighted by molar-refractivity contribution is 7.18. The van der Waals surface area contributed by atoms with Crippen molar-refractivity contribution in [2.24, 2.45) is 0 Å². The van der Waals surface area contributed by atoms with Gasteiger partial charge in [-0.1, -0.05) is 59.7 Å². The zero-order valence-corrected chi connectivity index (χ0v) is 23.4. The van der Waals surface area contributed by atoms with Gasteiger partial charge in [-0.05, 0) is 67.3 Å². The zero-order valence-electron chi connectivity index (χ0n) is 22.6. The summed E-state index contributed by atoms with van der Waals surface area (Å²) in [6.07, 6.45) is 4.21. The lowest BCUT2D eigenvalue weighted by molar-refractivity contribution is -0.116. The topological polar surface area (TPSA) is 67.2 Å². The molecule has 0 saturated carbocycles. The lowest BCUT2D eigenvalue weighted by Gasteiger charge is -2.22. The number of hydrogen-bond donors (Lipinski definition) is 1. The number of rotatable bonds is 9. The number of nitrogens with one attached hydrogen (secondary N) is 1. The van der Waals surface area contributed by atoms with Crippen molar-refractivity contribution in [2.45, 2.75) is 92.2 Å². The Kier molecular flexibility index (Phi) is 8.30. The molecule has 3 aromatic rings. The summed E-state index contributed by atoms with van der Waals surface area (Å²) in [4.78, 5) is 36.8. The fraction of sp³-hybridized carbons (Fsp3) is 0.552. The number of hydrogen-bond acceptors (Lipinski definition) is 5. The van der Waals surface area contributed by atoms with Crippen LogP contribution in [-0.2, 0) is 30.7 Å². The summed E-state index contributed by atoms with van der Waals surface area (Å²) in [6, 6.07) is 6.22. The first-order valence-corrected chi connectivity index (χ1v) is 14.3. The molecule has 2 aromatic heterocycles. The van der Waals surface area contributed by atoms with E-state index >= 15 is 0 Å². The van der Waals surface area contributed by atoms with Crippen LogP contribution in [0, 0.1) is 0 Å². The van der Waals surface area contributed by atoms with Gasteiger partial charge in [-0.25, -0.2) is 4.98 Å². The van der Waals surface area contributed by atoms with Gasteiger partial charge in [0.05, 0.1) is 11.9 Å². The van der Waals surface area contributed by atoms with E-state index in [0.29, 0.717) is 12.4 Å². The minimum atomic E-state index is -0.182. The molecule has 0 bridgehead atoms. The summed E-state index contributed by atoms with van der Waals surface area (Å²) < 4.78 is 1.63. The number of carbonyl (C=O) groups excluding carboxylic acids is 1. The van der Waals surface area contributed by atoms with Gasteiger partial charge < -0.3 is 5.32 Å². The summed E-state index contributed by atoms with van der Waals surface area (Å²) in [5.41, 5.74) is 4.21. The molecule has 1 aliphatic carbocycles. The fourth-order valence-electron chi connectivity index (χ4n) is 5.23. The summed E-state index contributed by atoms with van der Waals surface area (Å²) in [5.74, 6) is 1.04. The standard InChI is InChI=1S/C29H40N4O2S/c1-7-32(8-2)16-24-30-28-26(22-12-9-10-15-23(22)36-28)29(35)33(24)17-25(34)31-27-20(18(3)4)13-11-14-21(27)19(5)6/h11,13-14,18-19H,7-10,12,15-17H2,1-6H3,(H,31,34). The van der Waals surface area contributed by atoms with Crippen LogP contribution in [0.5, 0.6) is 0 Å². The summed E-state index contributed by atoms with van der Waals surface area (Å²) in [7, 11) is 0. The number of carbonyl (C=O) groups is 1. The van der Waals surface area contributed by atoms with E-state index in [0.717, 1.165) is 71.4 Å². The van der Waals surface area contributed by atoms with E-state index < -0.39 is 0 Å². The Morgan fingerprint density at radius 1 is 1.08 bits per heavy atom. The van der Waals surface area contributed by atoms with Gasteiger partial charge >= 0.3 is 0 Å². The van der Waals surface area contributed by atoms with Crippen molar-refractivity contribution >= 4 is 33.1 Å². The summed E-state index contributed by atoms with van der Waals surface area (Å²) in [5, 5.41) is 3.93. The van der Waals surface area contributed by atoms with Gasteiger partial charge in [-0.2, -0.15) is 0 Å². The molecule has 0 radical (unpaired) electrons. The van der Waals surface area contributed by atoms with E-state index in [4.69, 9.17) is 4.98 Å². The van der Waals surface area contributed by atoms with E-state index in [1.807, 2.05) is 0 Å². The predicted octanol–water partition coefficient (Wildman–Crippen LogP) is 6.06. The number of anilines is 1. The van der Waals surface area contributed by atoms with Gasteiger partial charge in [0.2, 0.25) is 5.91 Å². The highest BCUT2D eigenvalue weighted by Gasteiger charge is 2.24. The number of fused-ring (bicyclic) bond motifs is 3. The Bertz CT molecular complexity index is 1270. The maximum atomic E-state index is 13.9. The molecule has 0 spiro atoms. The Labute approximate surface area is 218 Å². The van der Waals surface area contributed by atoms with Gasteiger partial charge in [0.25, 0.3) is 5.56 Å². The molecule has 36 heavy (non-hydrogen) atoms. The lowest BCUT2D eigenvalue weighted by Crippen LogP contribution is -2.34. The van der Waals surface area contributed by atoms with Crippen LogP contribution in [0.25, 0.3) is 10.2 Å². The quantitative estimate of drug-likeness (QED) is 0.381. The van der Waals surface area contributed by atoms with Crippen molar-refractivity contribution in [3.63, 3.8) is 0 Å². The first-order valence-electron chi connectivity index (χ1n) is 13.4.